The molecule has 1 N–H and O–H groups in total. The summed E-state index contributed by atoms with van der Waals surface area (Å²) >= 11 is 1.67. The average molecular weight is 387 g/mol. The van der Waals surface area contributed by atoms with Gasteiger partial charge in [-0.25, -0.2) is 0 Å². The van der Waals surface area contributed by atoms with Gasteiger partial charge in [0, 0.05) is 17.8 Å². The number of hydrogen-bond acceptors (Lipinski definition) is 4. The fourth-order valence-electron chi connectivity index (χ4n) is 4.36. The first-order valence-electron chi connectivity index (χ1n) is 10.2. The Hall–Kier alpha value is -1.69. The minimum absolute atomic E-state index is 0.0161. The molecule has 0 spiro atoms. The van der Waals surface area contributed by atoms with E-state index in [0.29, 0.717) is 11.3 Å². The van der Waals surface area contributed by atoms with Crippen LogP contribution in [0.2, 0.25) is 0 Å². The average Bonchev–Trinajstić information content (AvgIpc) is 3.24. The lowest BCUT2D eigenvalue weighted by Crippen LogP contribution is -2.29. The zero-order valence-corrected chi connectivity index (χ0v) is 17.7. The van der Waals surface area contributed by atoms with Crippen LogP contribution in [0, 0.1) is 11.3 Å². The van der Waals surface area contributed by atoms with Gasteiger partial charge >= 0.3 is 0 Å². The van der Waals surface area contributed by atoms with Gasteiger partial charge in [-0.15, -0.1) is 21.5 Å². The zero-order valence-electron chi connectivity index (χ0n) is 16.8. The molecule has 2 atom stereocenters. The molecule has 3 heterocycles. The Labute approximate surface area is 165 Å². The van der Waals surface area contributed by atoms with E-state index in [-0.39, 0.29) is 11.9 Å². The highest BCUT2D eigenvalue weighted by atomic mass is 32.1. The van der Waals surface area contributed by atoms with Gasteiger partial charge in [0.15, 0.2) is 5.82 Å². The highest BCUT2D eigenvalue weighted by Gasteiger charge is 2.31. The van der Waals surface area contributed by atoms with Crippen molar-refractivity contribution in [3.8, 4) is 0 Å². The first kappa shape index (κ1) is 18.7. The van der Waals surface area contributed by atoms with Crippen molar-refractivity contribution in [2.75, 3.05) is 0 Å². The third kappa shape index (κ3) is 3.68. The van der Waals surface area contributed by atoms with E-state index in [9.17, 15) is 4.79 Å². The molecule has 2 aromatic rings. The van der Waals surface area contributed by atoms with Crippen molar-refractivity contribution in [3.05, 3.63) is 33.0 Å². The Kier molecular flexibility index (Phi) is 4.87. The van der Waals surface area contributed by atoms with Gasteiger partial charge < -0.3 is 9.88 Å². The van der Waals surface area contributed by atoms with Crippen LogP contribution < -0.4 is 5.32 Å². The van der Waals surface area contributed by atoms with Gasteiger partial charge in [0.1, 0.15) is 5.82 Å². The van der Waals surface area contributed by atoms with Gasteiger partial charge in [-0.3, -0.25) is 4.79 Å². The molecule has 0 saturated heterocycles. The first-order valence-corrected chi connectivity index (χ1v) is 11.0. The number of carbonyl (C=O) groups excluding carboxylic acids is 1. The highest BCUT2D eigenvalue weighted by Crippen LogP contribution is 2.40. The lowest BCUT2D eigenvalue weighted by molar-refractivity contribution is 0.0941. The van der Waals surface area contributed by atoms with Crippen molar-refractivity contribution in [2.24, 2.45) is 11.3 Å². The van der Waals surface area contributed by atoms with Crippen LogP contribution in [0.25, 0.3) is 0 Å². The largest absolute Gasteiger partial charge is 0.342 e. The topological polar surface area (TPSA) is 59.8 Å². The van der Waals surface area contributed by atoms with Crippen molar-refractivity contribution < 1.29 is 4.79 Å². The number of nitrogens with zero attached hydrogens (tertiary/aromatic N) is 3. The molecule has 2 aromatic heterocycles. The van der Waals surface area contributed by atoms with Gasteiger partial charge in [0.2, 0.25) is 0 Å². The van der Waals surface area contributed by atoms with Crippen LogP contribution in [0.1, 0.15) is 84.8 Å². The summed E-state index contributed by atoms with van der Waals surface area (Å²) in [5.41, 5.74) is 1.70. The molecule has 2 unspecified atom stereocenters. The normalized spacial score (nSPS) is 20.7. The molecule has 146 valence electrons. The van der Waals surface area contributed by atoms with Crippen LogP contribution in [-0.4, -0.2) is 20.7 Å². The molecule has 27 heavy (non-hydrogen) atoms. The van der Waals surface area contributed by atoms with Crippen LogP contribution in [0.15, 0.2) is 6.07 Å². The molecule has 1 aliphatic carbocycles. The molecule has 0 radical (unpaired) electrons. The second-order valence-electron chi connectivity index (χ2n) is 9.14. The first-order chi connectivity index (χ1) is 12.8. The standard InChI is InChI=1S/C21H30N4OS/c1-13(19-24-23-18-7-5-6-10-25(18)19)22-20(26)17-12-14-11-15(21(2,3)4)8-9-16(14)27-17/h12-13,15H,5-11H2,1-4H3,(H,22,26). The molecule has 2 aliphatic rings. The predicted octanol–water partition coefficient (Wildman–Crippen LogP) is 4.32. The number of amides is 1. The maximum absolute atomic E-state index is 12.9. The molecule has 0 fully saturated rings. The summed E-state index contributed by atoms with van der Waals surface area (Å²) in [6, 6.07) is 2.00. The van der Waals surface area contributed by atoms with E-state index < -0.39 is 0 Å². The lowest BCUT2D eigenvalue weighted by atomic mass is 9.72. The predicted molar refractivity (Wildman–Crippen MR) is 108 cm³/mol. The molecule has 5 nitrogen and oxygen atoms in total. The summed E-state index contributed by atoms with van der Waals surface area (Å²) in [5.74, 6) is 2.64. The second kappa shape index (κ2) is 7.04. The molecular formula is C21H30N4OS. The van der Waals surface area contributed by atoms with Crippen molar-refractivity contribution in [2.45, 2.75) is 78.8 Å². The minimum Gasteiger partial charge on any atom is -0.342 e. The molecule has 0 saturated carbocycles. The van der Waals surface area contributed by atoms with Gasteiger partial charge in [0.25, 0.3) is 5.91 Å². The zero-order chi connectivity index (χ0) is 19.2. The van der Waals surface area contributed by atoms with Crippen molar-refractivity contribution >= 4 is 17.2 Å². The smallest absolute Gasteiger partial charge is 0.261 e. The van der Waals surface area contributed by atoms with Crippen LogP contribution >= 0.6 is 11.3 Å². The van der Waals surface area contributed by atoms with Crippen LogP contribution in [0.4, 0.5) is 0 Å². The molecule has 1 aliphatic heterocycles. The van der Waals surface area contributed by atoms with E-state index in [1.165, 1.54) is 23.3 Å². The molecule has 1 amide bonds. The minimum atomic E-state index is -0.127. The number of hydrogen-bond donors (Lipinski definition) is 1. The summed E-state index contributed by atoms with van der Waals surface area (Å²) < 4.78 is 2.18. The van der Waals surface area contributed by atoms with Gasteiger partial charge in [-0.1, -0.05) is 20.8 Å². The summed E-state index contributed by atoms with van der Waals surface area (Å²) in [6.07, 6.45) is 6.74. The summed E-state index contributed by atoms with van der Waals surface area (Å²) in [4.78, 5) is 15.1. The van der Waals surface area contributed by atoms with Crippen molar-refractivity contribution in [1.82, 2.24) is 20.1 Å². The Bertz CT molecular complexity index is 845. The number of rotatable bonds is 3. The van der Waals surface area contributed by atoms with E-state index in [1.807, 2.05) is 6.92 Å². The van der Waals surface area contributed by atoms with Crippen molar-refractivity contribution in [1.29, 1.82) is 0 Å². The van der Waals surface area contributed by atoms with Gasteiger partial charge in [0.05, 0.1) is 10.9 Å². The maximum Gasteiger partial charge on any atom is 0.261 e. The number of nitrogens with one attached hydrogen (secondary N) is 1. The fourth-order valence-corrected chi connectivity index (χ4v) is 5.47. The van der Waals surface area contributed by atoms with Gasteiger partial charge in [-0.05, 0) is 62.0 Å². The molecular weight excluding hydrogens is 356 g/mol. The van der Waals surface area contributed by atoms with Crippen LogP contribution in [0.3, 0.4) is 0 Å². The summed E-state index contributed by atoms with van der Waals surface area (Å²) in [5, 5.41) is 11.8. The van der Waals surface area contributed by atoms with Crippen molar-refractivity contribution in [3.63, 3.8) is 0 Å². The molecule has 4 rings (SSSR count). The Morgan fingerprint density at radius 1 is 1.30 bits per heavy atom. The van der Waals surface area contributed by atoms with Gasteiger partial charge in [-0.2, -0.15) is 0 Å². The Morgan fingerprint density at radius 3 is 2.89 bits per heavy atom. The van der Waals surface area contributed by atoms with E-state index in [4.69, 9.17) is 0 Å². The van der Waals surface area contributed by atoms with E-state index in [2.05, 4.69) is 46.9 Å². The SMILES string of the molecule is CC(NC(=O)c1cc2c(s1)CCC(C(C)(C)C)C2)c1nnc2n1CCCC2. The Balaban J connectivity index is 1.47. The number of carbonyl (C=O) groups is 1. The highest BCUT2D eigenvalue weighted by molar-refractivity contribution is 7.14. The third-order valence-electron chi connectivity index (χ3n) is 6.15. The Morgan fingerprint density at radius 2 is 2.11 bits per heavy atom. The van der Waals surface area contributed by atoms with Crippen LogP contribution in [0.5, 0.6) is 0 Å². The fraction of sp³-hybridized carbons (Fsp3) is 0.667. The summed E-state index contributed by atoms with van der Waals surface area (Å²) in [6.45, 7) is 9.93. The molecule has 0 aromatic carbocycles. The number of thiophene rings is 1. The third-order valence-corrected chi connectivity index (χ3v) is 7.39. The van der Waals surface area contributed by atoms with Crippen LogP contribution in [-0.2, 0) is 25.8 Å². The molecule has 0 bridgehead atoms. The number of fused-ring (bicyclic) bond motifs is 2. The maximum atomic E-state index is 12.9. The lowest BCUT2D eigenvalue weighted by Gasteiger charge is -2.33. The quantitative estimate of drug-likeness (QED) is 0.855. The monoisotopic (exact) mass is 386 g/mol. The van der Waals surface area contributed by atoms with E-state index in [1.54, 1.807) is 11.3 Å². The number of aromatic nitrogens is 3. The molecule has 6 heteroatoms. The van der Waals surface area contributed by atoms with E-state index >= 15 is 0 Å². The second-order valence-corrected chi connectivity index (χ2v) is 10.3. The number of aryl methyl sites for hydroxylation is 2. The van der Waals surface area contributed by atoms with E-state index in [0.717, 1.165) is 48.8 Å². The summed E-state index contributed by atoms with van der Waals surface area (Å²) in [7, 11) is 0.